The highest BCUT2D eigenvalue weighted by Crippen LogP contribution is 2.19. The van der Waals surface area contributed by atoms with Crippen molar-refractivity contribution in [3.63, 3.8) is 0 Å². The van der Waals surface area contributed by atoms with Crippen molar-refractivity contribution < 1.29 is 22.7 Å². The summed E-state index contributed by atoms with van der Waals surface area (Å²) in [6.07, 6.45) is 1.51. The van der Waals surface area contributed by atoms with Gasteiger partial charge in [-0.15, -0.1) is 0 Å². The largest absolute Gasteiger partial charge is 0.466 e. The van der Waals surface area contributed by atoms with Gasteiger partial charge in [-0.25, -0.2) is 8.42 Å². The van der Waals surface area contributed by atoms with E-state index < -0.39 is 16.0 Å². The Hall–Kier alpha value is -1.93. The molecular weight excluding hydrogens is 356 g/mol. The third-order valence-electron chi connectivity index (χ3n) is 3.58. The molecule has 0 aliphatic carbocycles. The number of nitrogens with one attached hydrogen (secondary N) is 1. The lowest BCUT2D eigenvalue weighted by atomic mass is 10.2. The smallest absolute Gasteiger partial charge is 0.306 e. The highest BCUT2D eigenvalue weighted by atomic mass is 32.2. The molecule has 1 rings (SSSR count). The highest BCUT2D eigenvalue weighted by Gasteiger charge is 2.22. The Morgan fingerprint density at radius 2 is 1.58 bits per heavy atom. The fraction of sp³-hybridized carbons (Fsp3) is 0.556. The SMILES string of the molecule is CCCN(CCC)S(=O)(=O)c1ccc(NC(=O)CCC(=O)OCC)cc1. The number of anilines is 1. The van der Waals surface area contributed by atoms with Gasteiger partial charge in [0.15, 0.2) is 0 Å². The normalized spacial score (nSPS) is 11.4. The second-order valence-corrected chi connectivity index (χ2v) is 7.72. The Labute approximate surface area is 155 Å². The van der Waals surface area contributed by atoms with E-state index in [2.05, 4.69) is 5.32 Å². The molecule has 1 aromatic rings. The summed E-state index contributed by atoms with van der Waals surface area (Å²) in [7, 11) is -3.54. The van der Waals surface area contributed by atoms with Crippen LogP contribution < -0.4 is 5.32 Å². The zero-order chi connectivity index (χ0) is 19.6. The summed E-state index contributed by atoms with van der Waals surface area (Å²) in [5.74, 6) is -0.747. The van der Waals surface area contributed by atoms with Crippen molar-refractivity contribution in [3.8, 4) is 0 Å². The number of hydrogen-bond donors (Lipinski definition) is 1. The van der Waals surface area contributed by atoms with Crippen LogP contribution in [0.4, 0.5) is 5.69 Å². The number of esters is 1. The van der Waals surface area contributed by atoms with E-state index in [1.807, 2.05) is 13.8 Å². The number of hydrogen-bond acceptors (Lipinski definition) is 5. The van der Waals surface area contributed by atoms with Gasteiger partial charge in [0.05, 0.1) is 17.9 Å². The summed E-state index contributed by atoms with van der Waals surface area (Å²) in [5, 5.41) is 2.64. The van der Waals surface area contributed by atoms with Crippen LogP contribution >= 0.6 is 0 Å². The minimum Gasteiger partial charge on any atom is -0.466 e. The summed E-state index contributed by atoms with van der Waals surface area (Å²) >= 11 is 0. The van der Waals surface area contributed by atoms with Crippen molar-refractivity contribution in [1.82, 2.24) is 4.31 Å². The standard InChI is InChI=1S/C18H28N2O5S/c1-4-13-20(14-5-2)26(23,24)16-9-7-15(8-10-16)19-17(21)11-12-18(22)25-6-3/h7-10H,4-6,11-14H2,1-3H3,(H,19,21). The van der Waals surface area contributed by atoms with E-state index >= 15 is 0 Å². The van der Waals surface area contributed by atoms with Gasteiger partial charge in [-0.05, 0) is 44.0 Å². The van der Waals surface area contributed by atoms with Crippen molar-refractivity contribution in [1.29, 1.82) is 0 Å². The Morgan fingerprint density at radius 3 is 2.08 bits per heavy atom. The van der Waals surface area contributed by atoms with Gasteiger partial charge in [0, 0.05) is 25.2 Å². The Kier molecular flexibility index (Phi) is 9.29. The number of sulfonamides is 1. The molecule has 0 radical (unpaired) electrons. The molecule has 1 N–H and O–H groups in total. The lowest BCUT2D eigenvalue weighted by molar-refractivity contribution is -0.144. The molecule has 0 aliphatic heterocycles. The first kappa shape index (κ1) is 22.1. The number of carbonyl (C=O) groups is 2. The topological polar surface area (TPSA) is 92.8 Å². The van der Waals surface area contributed by atoms with Crippen molar-refractivity contribution >= 4 is 27.6 Å². The monoisotopic (exact) mass is 384 g/mol. The molecule has 7 nitrogen and oxygen atoms in total. The first-order valence-corrected chi connectivity index (χ1v) is 10.3. The van der Waals surface area contributed by atoms with Gasteiger partial charge in [0.25, 0.3) is 0 Å². The number of rotatable bonds is 11. The minimum atomic E-state index is -3.54. The number of nitrogens with zero attached hydrogens (tertiary/aromatic N) is 1. The van der Waals surface area contributed by atoms with Gasteiger partial charge in [-0.1, -0.05) is 13.8 Å². The minimum absolute atomic E-state index is 0.00906. The quantitative estimate of drug-likeness (QED) is 0.592. The van der Waals surface area contributed by atoms with E-state index in [1.54, 1.807) is 19.1 Å². The van der Waals surface area contributed by atoms with Crippen LogP contribution in [0.1, 0.15) is 46.5 Å². The molecule has 0 saturated carbocycles. The summed E-state index contributed by atoms with van der Waals surface area (Å²) in [4.78, 5) is 23.3. The molecule has 1 aromatic carbocycles. The van der Waals surface area contributed by atoms with Gasteiger partial charge >= 0.3 is 5.97 Å². The van der Waals surface area contributed by atoms with Crippen molar-refractivity contribution in [2.45, 2.75) is 51.3 Å². The van der Waals surface area contributed by atoms with Crippen LogP contribution in [0.15, 0.2) is 29.2 Å². The maximum absolute atomic E-state index is 12.7. The average Bonchev–Trinajstić information content (AvgIpc) is 2.60. The Balaban J connectivity index is 2.72. The van der Waals surface area contributed by atoms with Crippen LogP contribution in [0.25, 0.3) is 0 Å². The van der Waals surface area contributed by atoms with Crippen LogP contribution in [0, 0.1) is 0 Å². The maximum Gasteiger partial charge on any atom is 0.306 e. The van der Waals surface area contributed by atoms with E-state index in [-0.39, 0.29) is 30.3 Å². The molecule has 26 heavy (non-hydrogen) atoms. The van der Waals surface area contributed by atoms with Crippen LogP contribution in [0.5, 0.6) is 0 Å². The molecule has 1 amide bonds. The molecule has 0 heterocycles. The van der Waals surface area contributed by atoms with Crippen LogP contribution in [-0.4, -0.2) is 44.3 Å². The number of amides is 1. The molecule has 0 saturated heterocycles. The van der Waals surface area contributed by atoms with Crippen LogP contribution in [0.2, 0.25) is 0 Å². The summed E-state index contributed by atoms with van der Waals surface area (Å²) in [5.41, 5.74) is 0.482. The van der Waals surface area contributed by atoms with E-state index in [1.165, 1.54) is 16.4 Å². The van der Waals surface area contributed by atoms with Gasteiger partial charge in [-0.2, -0.15) is 4.31 Å². The predicted octanol–water partition coefficient (Wildman–Crippen LogP) is 2.78. The van der Waals surface area contributed by atoms with Crippen molar-refractivity contribution in [2.75, 3.05) is 25.0 Å². The lowest BCUT2D eigenvalue weighted by Crippen LogP contribution is -2.32. The molecule has 0 unspecified atom stereocenters. The van der Waals surface area contributed by atoms with Crippen LogP contribution in [-0.2, 0) is 24.3 Å². The molecule has 146 valence electrons. The second kappa shape index (κ2) is 10.9. The molecule has 0 aliphatic rings. The van der Waals surface area contributed by atoms with Crippen molar-refractivity contribution in [2.24, 2.45) is 0 Å². The van der Waals surface area contributed by atoms with E-state index in [9.17, 15) is 18.0 Å². The van der Waals surface area contributed by atoms with Gasteiger partial charge < -0.3 is 10.1 Å². The zero-order valence-corrected chi connectivity index (χ0v) is 16.5. The lowest BCUT2D eigenvalue weighted by Gasteiger charge is -2.21. The molecule has 0 bridgehead atoms. The zero-order valence-electron chi connectivity index (χ0n) is 15.7. The first-order chi connectivity index (χ1) is 12.3. The number of benzene rings is 1. The molecular formula is C18H28N2O5S. The maximum atomic E-state index is 12.7. The summed E-state index contributed by atoms with van der Waals surface area (Å²) < 4.78 is 31.6. The first-order valence-electron chi connectivity index (χ1n) is 8.90. The van der Waals surface area contributed by atoms with Crippen molar-refractivity contribution in [3.05, 3.63) is 24.3 Å². The summed E-state index contributed by atoms with van der Waals surface area (Å²) in [6, 6.07) is 6.06. The fourth-order valence-corrected chi connectivity index (χ4v) is 4.01. The molecule has 0 fully saturated rings. The molecule has 0 aromatic heterocycles. The van der Waals surface area contributed by atoms with Crippen LogP contribution in [0.3, 0.4) is 0 Å². The third kappa shape index (κ3) is 6.76. The van der Waals surface area contributed by atoms with E-state index in [4.69, 9.17) is 4.74 Å². The number of ether oxygens (including phenoxy) is 1. The van der Waals surface area contributed by atoms with Gasteiger partial charge in [0.2, 0.25) is 15.9 Å². The molecule has 0 spiro atoms. The number of carbonyl (C=O) groups excluding carboxylic acids is 2. The summed E-state index contributed by atoms with van der Waals surface area (Å²) in [6.45, 7) is 6.81. The predicted molar refractivity (Wildman–Crippen MR) is 100 cm³/mol. The average molecular weight is 384 g/mol. The van der Waals surface area contributed by atoms with E-state index in [0.29, 0.717) is 18.8 Å². The Bertz CT molecular complexity index is 680. The second-order valence-electron chi connectivity index (χ2n) is 5.78. The molecule has 0 atom stereocenters. The van der Waals surface area contributed by atoms with Gasteiger partial charge in [-0.3, -0.25) is 9.59 Å². The third-order valence-corrected chi connectivity index (χ3v) is 5.50. The molecule has 8 heteroatoms. The van der Waals surface area contributed by atoms with E-state index in [0.717, 1.165) is 12.8 Å². The fourth-order valence-electron chi connectivity index (χ4n) is 2.38. The van der Waals surface area contributed by atoms with Gasteiger partial charge in [0.1, 0.15) is 0 Å². The Morgan fingerprint density at radius 1 is 1.00 bits per heavy atom. The highest BCUT2D eigenvalue weighted by molar-refractivity contribution is 7.89.